The smallest absolute Gasteiger partial charge is 0.415 e. The lowest BCUT2D eigenvalue weighted by Crippen LogP contribution is -2.36. The Hall–Kier alpha value is -4.41. The summed E-state index contributed by atoms with van der Waals surface area (Å²) < 4.78 is 17.0. The molecule has 1 aliphatic heterocycles. The maximum atomic E-state index is 14.1. The molecule has 0 radical (unpaired) electrons. The molecule has 14 nitrogen and oxygen atoms in total. The van der Waals surface area contributed by atoms with Crippen molar-refractivity contribution in [1.29, 1.82) is 0 Å². The van der Waals surface area contributed by atoms with E-state index in [1.54, 1.807) is 19.9 Å². The molecule has 2 aromatic carbocycles. The number of aryl methyl sites for hydroxylation is 1. The average molecular weight is 747 g/mol. The fourth-order valence-corrected chi connectivity index (χ4v) is 8.11. The van der Waals surface area contributed by atoms with Gasteiger partial charge >= 0.3 is 18.0 Å². The number of carboxylic acids is 1. The van der Waals surface area contributed by atoms with Crippen molar-refractivity contribution < 1.29 is 43.1 Å². The number of hydrogen-bond donors (Lipinski definition) is 2. The van der Waals surface area contributed by atoms with E-state index in [1.807, 2.05) is 6.92 Å². The number of amides is 2. The Kier molecular flexibility index (Phi) is 11.5. The number of esters is 1. The van der Waals surface area contributed by atoms with Crippen LogP contribution in [0.4, 0.5) is 16.2 Å². The van der Waals surface area contributed by atoms with Crippen LogP contribution in [0.5, 0.6) is 5.75 Å². The molecule has 0 fully saturated rings. The molecule has 2 atom stereocenters. The lowest BCUT2D eigenvalue weighted by atomic mass is 9.95. The highest BCUT2D eigenvalue weighted by Crippen LogP contribution is 2.48. The highest BCUT2D eigenvalue weighted by atomic mass is 35.5. The van der Waals surface area contributed by atoms with Crippen molar-refractivity contribution in [2.24, 2.45) is 0 Å². The minimum Gasteiger partial charge on any atom is -0.480 e. The third kappa shape index (κ3) is 7.37. The minimum atomic E-state index is -0.925. The molecular formula is C33H35ClN4O10S2. The molecule has 0 bridgehead atoms. The van der Waals surface area contributed by atoms with Crippen LogP contribution in [0.1, 0.15) is 64.8 Å². The second kappa shape index (κ2) is 15.6. The number of unbranched alkanes of at least 4 members (excludes halogenated alkanes) is 1. The van der Waals surface area contributed by atoms with Gasteiger partial charge in [0.15, 0.2) is 11.5 Å². The molecule has 4 aromatic rings. The highest BCUT2D eigenvalue weighted by molar-refractivity contribution is 8.77. The average Bonchev–Trinajstić information content (AvgIpc) is 3.79. The third-order valence-electron chi connectivity index (χ3n) is 8.33. The summed E-state index contributed by atoms with van der Waals surface area (Å²) in [6.07, 6.45) is 0.855. The molecule has 1 unspecified atom stereocenters. The van der Waals surface area contributed by atoms with Crippen LogP contribution in [0.25, 0.3) is 21.9 Å². The number of nitro groups is 1. The molecule has 5 rings (SSSR count). The molecule has 266 valence electrons. The number of carboxylic acid groups (broad SMARTS) is 1. The van der Waals surface area contributed by atoms with Gasteiger partial charge in [-0.1, -0.05) is 34.9 Å². The number of aliphatic carboxylic acids is 1. The standard InChI is InChI=1S/C33H35ClN4O10S2/c1-5-6-9-36(10-11-49-50-18(3)31(40)41)33(43)48-24-14-22-27(28-26(32(42)46-4)17(2)35-29(24)28)20(15-34)16-37(22)30(39)25-13-19-12-21(38(44)45)7-8-23(19)47-25/h7-8,12-14,18,20,35H,5-6,9-11,15-16H2,1-4H3,(H,40,41)/t18?,20-/m1/s1. The summed E-state index contributed by atoms with van der Waals surface area (Å²) in [5.41, 5.74) is 2.08. The number of non-ortho nitro benzene ring substituents is 1. The summed E-state index contributed by atoms with van der Waals surface area (Å²) in [6, 6.07) is 7.01. The van der Waals surface area contributed by atoms with Gasteiger partial charge in [-0.2, -0.15) is 0 Å². The first-order valence-electron chi connectivity index (χ1n) is 15.7. The zero-order valence-corrected chi connectivity index (χ0v) is 30.0. The SMILES string of the molecule is CCCCN(CCSSC(C)C(=O)O)C(=O)Oc1cc2c(c3c(C(=O)OC)c(C)[nH]c13)[C@H](CCl)CN2C(=O)c1cc2cc([N+](=O)[O-])ccc2o1. The Morgan fingerprint density at radius 1 is 1.24 bits per heavy atom. The minimum absolute atomic E-state index is 0.0679. The van der Waals surface area contributed by atoms with E-state index in [0.717, 1.165) is 6.42 Å². The molecule has 3 heterocycles. The van der Waals surface area contributed by atoms with Crippen LogP contribution in [0.15, 0.2) is 34.7 Å². The van der Waals surface area contributed by atoms with E-state index in [1.165, 1.54) is 62.8 Å². The fourth-order valence-electron chi connectivity index (χ4n) is 5.81. The number of carbonyl (C=O) groups excluding carboxylic acids is 3. The van der Waals surface area contributed by atoms with Crippen LogP contribution in [-0.2, 0) is 9.53 Å². The van der Waals surface area contributed by atoms with E-state index in [-0.39, 0.29) is 47.3 Å². The van der Waals surface area contributed by atoms with Crippen LogP contribution < -0.4 is 9.64 Å². The van der Waals surface area contributed by atoms with Gasteiger partial charge in [-0.15, -0.1) is 11.6 Å². The Bertz CT molecular complexity index is 1980. The monoisotopic (exact) mass is 746 g/mol. The number of methoxy groups -OCH3 is 1. The van der Waals surface area contributed by atoms with Gasteiger partial charge in [-0.25, -0.2) is 9.59 Å². The number of ether oxygens (including phenoxy) is 2. The molecule has 2 N–H and O–H groups in total. The zero-order chi connectivity index (χ0) is 36.3. The van der Waals surface area contributed by atoms with Gasteiger partial charge in [0.2, 0.25) is 0 Å². The lowest BCUT2D eigenvalue weighted by molar-refractivity contribution is -0.384. The van der Waals surface area contributed by atoms with Crippen LogP contribution in [0.3, 0.4) is 0 Å². The molecule has 50 heavy (non-hydrogen) atoms. The van der Waals surface area contributed by atoms with E-state index in [9.17, 15) is 34.4 Å². The van der Waals surface area contributed by atoms with Crippen molar-refractivity contribution in [3.05, 3.63) is 63.0 Å². The van der Waals surface area contributed by atoms with Crippen molar-refractivity contribution in [1.82, 2.24) is 9.88 Å². The van der Waals surface area contributed by atoms with Gasteiger partial charge in [-0.3, -0.25) is 19.7 Å². The molecule has 2 aromatic heterocycles. The number of anilines is 1. The number of halogens is 1. The Labute approximate surface area is 299 Å². The summed E-state index contributed by atoms with van der Waals surface area (Å²) in [7, 11) is 3.80. The number of aromatic amines is 1. The van der Waals surface area contributed by atoms with E-state index >= 15 is 0 Å². The molecule has 1 aliphatic rings. The number of H-pyrrole nitrogens is 1. The maximum absolute atomic E-state index is 14.1. The summed E-state index contributed by atoms with van der Waals surface area (Å²) in [4.78, 5) is 69.1. The normalized spacial score (nSPS) is 14.5. The Morgan fingerprint density at radius 2 is 2.00 bits per heavy atom. The fraction of sp³-hybridized carbons (Fsp3) is 0.394. The predicted molar refractivity (Wildman–Crippen MR) is 192 cm³/mol. The molecule has 0 saturated heterocycles. The molecule has 0 aliphatic carbocycles. The number of hydrogen-bond acceptors (Lipinski definition) is 11. The predicted octanol–water partition coefficient (Wildman–Crippen LogP) is 7.36. The second-order valence-electron chi connectivity index (χ2n) is 11.6. The zero-order valence-electron chi connectivity index (χ0n) is 27.6. The molecule has 17 heteroatoms. The van der Waals surface area contributed by atoms with Crippen LogP contribution in [-0.4, -0.2) is 87.5 Å². The number of fused-ring (bicyclic) bond motifs is 4. The van der Waals surface area contributed by atoms with Gasteiger partial charge in [-0.05, 0) is 38.0 Å². The number of benzene rings is 2. The van der Waals surface area contributed by atoms with E-state index in [4.69, 9.17) is 25.5 Å². The second-order valence-corrected chi connectivity index (χ2v) is 14.8. The first-order valence-corrected chi connectivity index (χ1v) is 18.6. The van der Waals surface area contributed by atoms with Crippen LogP contribution in [0, 0.1) is 17.0 Å². The summed E-state index contributed by atoms with van der Waals surface area (Å²) in [6.45, 7) is 6.06. The van der Waals surface area contributed by atoms with Gasteiger partial charge < -0.3 is 33.8 Å². The van der Waals surface area contributed by atoms with Crippen molar-refractivity contribution in [2.75, 3.05) is 43.3 Å². The number of aromatic nitrogens is 1. The van der Waals surface area contributed by atoms with Gasteiger partial charge in [0.1, 0.15) is 10.8 Å². The van der Waals surface area contributed by atoms with Crippen molar-refractivity contribution in [3.63, 3.8) is 0 Å². The highest BCUT2D eigenvalue weighted by Gasteiger charge is 2.39. The number of rotatable bonds is 14. The maximum Gasteiger partial charge on any atom is 0.415 e. The molecule has 2 amide bonds. The first kappa shape index (κ1) is 36.9. The van der Waals surface area contributed by atoms with Crippen molar-refractivity contribution >= 4 is 90.4 Å². The number of nitrogens with zero attached hydrogens (tertiary/aromatic N) is 3. The van der Waals surface area contributed by atoms with Gasteiger partial charge in [0, 0.05) is 71.9 Å². The van der Waals surface area contributed by atoms with Gasteiger partial charge in [0.25, 0.3) is 11.6 Å². The number of nitrogens with one attached hydrogen (secondary N) is 1. The number of furan rings is 1. The summed E-state index contributed by atoms with van der Waals surface area (Å²) >= 11 is 6.47. The van der Waals surface area contributed by atoms with E-state index in [0.29, 0.717) is 52.0 Å². The largest absolute Gasteiger partial charge is 0.480 e. The van der Waals surface area contributed by atoms with Crippen molar-refractivity contribution in [2.45, 2.75) is 44.8 Å². The molecule has 0 spiro atoms. The van der Waals surface area contributed by atoms with E-state index in [2.05, 4.69) is 4.98 Å². The Morgan fingerprint density at radius 3 is 2.66 bits per heavy atom. The molecular weight excluding hydrogens is 712 g/mol. The quantitative estimate of drug-likeness (QED) is 0.0327. The lowest BCUT2D eigenvalue weighted by Gasteiger charge is -2.23. The summed E-state index contributed by atoms with van der Waals surface area (Å²) in [5.74, 6) is -2.02. The van der Waals surface area contributed by atoms with Crippen LogP contribution >= 0.6 is 33.2 Å². The summed E-state index contributed by atoms with van der Waals surface area (Å²) in [5, 5.41) is 20.7. The van der Waals surface area contributed by atoms with Crippen LogP contribution in [0.2, 0.25) is 0 Å². The molecule has 0 saturated carbocycles. The van der Waals surface area contributed by atoms with Gasteiger partial charge in [0.05, 0.1) is 28.8 Å². The van der Waals surface area contributed by atoms with E-state index < -0.39 is 40.0 Å². The topological polar surface area (TPSA) is 186 Å². The Balaban J connectivity index is 1.55. The first-order chi connectivity index (χ1) is 23.9. The third-order valence-corrected chi connectivity index (χ3v) is 11.5. The number of alkyl halides is 1. The van der Waals surface area contributed by atoms with Crippen molar-refractivity contribution in [3.8, 4) is 5.75 Å². The number of nitro benzene ring substituents is 1. The number of carbonyl (C=O) groups is 4.